The first-order valence-electron chi connectivity index (χ1n) is 5.15. The van der Waals surface area contributed by atoms with E-state index < -0.39 is 0 Å². The van der Waals surface area contributed by atoms with Gasteiger partial charge in [0.1, 0.15) is 5.82 Å². The molecule has 1 rings (SSSR count). The van der Waals surface area contributed by atoms with Crippen LogP contribution in [-0.4, -0.2) is 22.7 Å². The molecule has 0 saturated heterocycles. The van der Waals surface area contributed by atoms with Gasteiger partial charge in [0.15, 0.2) is 0 Å². The highest BCUT2D eigenvalue weighted by Gasteiger charge is 2.11. The van der Waals surface area contributed by atoms with Crippen molar-refractivity contribution in [3.63, 3.8) is 0 Å². The molecule has 1 heterocycles. The minimum absolute atomic E-state index is 0.0164. The van der Waals surface area contributed by atoms with Gasteiger partial charge in [-0.3, -0.25) is 4.98 Å². The van der Waals surface area contributed by atoms with Crippen LogP contribution in [0.3, 0.4) is 0 Å². The Balaban J connectivity index is 2.60. The van der Waals surface area contributed by atoms with Gasteiger partial charge in [-0.1, -0.05) is 6.92 Å². The van der Waals surface area contributed by atoms with Crippen LogP contribution in [0.2, 0.25) is 0 Å². The predicted octanol–water partition coefficient (Wildman–Crippen LogP) is 1.64. The van der Waals surface area contributed by atoms with Gasteiger partial charge in [-0.2, -0.15) is 0 Å². The molecule has 0 bridgehead atoms. The summed E-state index contributed by atoms with van der Waals surface area (Å²) in [5.74, 6) is -0.333. The molecular weight excluding hydrogens is 195 g/mol. The van der Waals surface area contributed by atoms with Gasteiger partial charge >= 0.3 is 0 Å². The molecule has 1 aromatic rings. The van der Waals surface area contributed by atoms with Crippen LogP contribution in [-0.2, 0) is 0 Å². The van der Waals surface area contributed by atoms with Crippen molar-refractivity contribution in [1.82, 2.24) is 10.3 Å². The Bertz CT molecular complexity index is 285. The Morgan fingerprint density at radius 1 is 1.53 bits per heavy atom. The molecule has 0 radical (unpaired) electrons. The highest BCUT2D eigenvalue weighted by molar-refractivity contribution is 5.09. The van der Waals surface area contributed by atoms with Crippen molar-refractivity contribution in [3.05, 3.63) is 29.8 Å². The van der Waals surface area contributed by atoms with E-state index in [0.29, 0.717) is 0 Å². The van der Waals surface area contributed by atoms with Crippen LogP contribution in [0.25, 0.3) is 0 Å². The summed E-state index contributed by atoms with van der Waals surface area (Å²) in [7, 11) is 0. The summed E-state index contributed by atoms with van der Waals surface area (Å²) in [5, 5.41) is 12.2. The highest BCUT2D eigenvalue weighted by Crippen LogP contribution is 2.10. The van der Waals surface area contributed by atoms with E-state index in [9.17, 15) is 4.39 Å². The van der Waals surface area contributed by atoms with Crippen LogP contribution < -0.4 is 5.32 Å². The molecule has 4 heteroatoms. The monoisotopic (exact) mass is 212 g/mol. The van der Waals surface area contributed by atoms with Crippen LogP contribution >= 0.6 is 0 Å². The third kappa shape index (κ3) is 3.57. The molecule has 0 saturated carbocycles. The number of halogens is 1. The molecule has 2 atom stereocenters. The fraction of sp³-hybridized carbons (Fsp3) is 0.545. The zero-order valence-corrected chi connectivity index (χ0v) is 9.07. The molecule has 0 spiro atoms. The van der Waals surface area contributed by atoms with Crippen molar-refractivity contribution in [1.29, 1.82) is 0 Å². The number of nitrogens with one attached hydrogen (secondary N) is 1. The normalized spacial score (nSPS) is 14.9. The van der Waals surface area contributed by atoms with E-state index in [1.165, 1.54) is 12.3 Å². The average molecular weight is 212 g/mol. The molecule has 3 nitrogen and oxygen atoms in total. The zero-order chi connectivity index (χ0) is 11.3. The summed E-state index contributed by atoms with van der Waals surface area (Å²) in [5.41, 5.74) is 0.781. The molecule has 84 valence electrons. The zero-order valence-electron chi connectivity index (χ0n) is 9.07. The third-order valence-corrected chi connectivity index (χ3v) is 2.39. The Kier molecular flexibility index (Phi) is 4.65. The number of aliphatic hydroxyl groups excluding tert-OH is 1. The highest BCUT2D eigenvalue weighted by atomic mass is 19.1. The molecule has 1 aromatic heterocycles. The molecule has 0 amide bonds. The third-order valence-electron chi connectivity index (χ3n) is 2.39. The lowest BCUT2D eigenvalue weighted by Crippen LogP contribution is -2.34. The summed E-state index contributed by atoms with van der Waals surface area (Å²) in [6.45, 7) is 4.04. The van der Waals surface area contributed by atoms with E-state index in [1.807, 2.05) is 13.8 Å². The molecule has 0 aliphatic carbocycles. The minimum Gasteiger partial charge on any atom is -0.395 e. The van der Waals surface area contributed by atoms with E-state index in [-0.39, 0.29) is 24.5 Å². The van der Waals surface area contributed by atoms with Crippen LogP contribution in [0.1, 0.15) is 32.0 Å². The number of hydrogen-bond donors (Lipinski definition) is 2. The van der Waals surface area contributed by atoms with Crippen LogP contribution in [0.5, 0.6) is 0 Å². The molecule has 2 N–H and O–H groups in total. The van der Waals surface area contributed by atoms with Gasteiger partial charge < -0.3 is 10.4 Å². The van der Waals surface area contributed by atoms with Crippen molar-refractivity contribution in [2.24, 2.45) is 0 Å². The Hall–Kier alpha value is -1.00. The molecule has 0 aromatic carbocycles. The first kappa shape index (κ1) is 12.1. The summed E-state index contributed by atoms with van der Waals surface area (Å²) in [4.78, 5) is 3.98. The summed E-state index contributed by atoms with van der Waals surface area (Å²) >= 11 is 0. The Morgan fingerprint density at radius 2 is 2.27 bits per heavy atom. The van der Waals surface area contributed by atoms with Gasteiger partial charge in [-0.25, -0.2) is 4.39 Å². The maximum atomic E-state index is 12.6. The molecule has 1 unspecified atom stereocenters. The largest absolute Gasteiger partial charge is 0.395 e. The maximum absolute atomic E-state index is 12.6. The van der Waals surface area contributed by atoms with Crippen molar-refractivity contribution < 1.29 is 9.50 Å². The molecule has 0 aliphatic rings. The average Bonchev–Trinajstić information content (AvgIpc) is 2.26. The number of aromatic nitrogens is 1. The standard InChI is InChI=1S/C11H17FN2O/c1-3-10(7-15)14-8(2)11-5-4-9(12)6-13-11/h4-6,8,10,14-15H,3,7H2,1-2H3/t8?,10-/m0/s1. The van der Waals surface area contributed by atoms with E-state index in [1.54, 1.807) is 6.07 Å². The van der Waals surface area contributed by atoms with Gasteiger partial charge in [0.2, 0.25) is 0 Å². The summed E-state index contributed by atoms with van der Waals surface area (Å²) in [6.07, 6.45) is 2.05. The van der Waals surface area contributed by atoms with E-state index in [2.05, 4.69) is 10.3 Å². The maximum Gasteiger partial charge on any atom is 0.141 e. The predicted molar refractivity (Wildman–Crippen MR) is 56.9 cm³/mol. The van der Waals surface area contributed by atoms with Crippen LogP contribution in [0.4, 0.5) is 4.39 Å². The Labute approximate surface area is 89.4 Å². The molecule has 15 heavy (non-hydrogen) atoms. The number of aliphatic hydroxyl groups is 1. The molecule has 0 fully saturated rings. The van der Waals surface area contributed by atoms with Gasteiger partial charge in [0.25, 0.3) is 0 Å². The number of nitrogens with zero attached hydrogens (tertiary/aromatic N) is 1. The van der Waals surface area contributed by atoms with Crippen molar-refractivity contribution in [2.75, 3.05) is 6.61 Å². The topological polar surface area (TPSA) is 45.1 Å². The summed E-state index contributed by atoms with van der Waals surface area (Å²) in [6, 6.07) is 3.12. The molecular formula is C11H17FN2O. The van der Waals surface area contributed by atoms with Crippen molar-refractivity contribution in [3.8, 4) is 0 Å². The lowest BCUT2D eigenvalue weighted by atomic mass is 10.1. The quantitative estimate of drug-likeness (QED) is 0.780. The minimum atomic E-state index is -0.333. The van der Waals surface area contributed by atoms with E-state index in [0.717, 1.165) is 12.1 Å². The van der Waals surface area contributed by atoms with E-state index in [4.69, 9.17) is 5.11 Å². The van der Waals surface area contributed by atoms with Gasteiger partial charge in [-0.05, 0) is 25.5 Å². The van der Waals surface area contributed by atoms with Crippen LogP contribution in [0, 0.1) is 5.82 Å². The van der Waals surface area contributed by atoms with Crippen molar-refractivity contribution >= 4 is 0 Å². The fourth-order valence-electron chi connectivity index (χ4n) is 1.38. The number of pyridine rings is 1. The molecule has 0 aliphatic heterocycles. The summed E-state index contributed by atoms with van der Waals surface area (Å²) < 4.78 is 12.6. The first-order chi connectivity index (χ1) is 7.17. The lowest BCUT2D eigenvalue weighted by Gasteiger charge is -2.19. The van der Waals surface area contributed by atoms with Crippen molar-refractivity contribution in [2.45, 2.75) is 32.4 Å². The second-order valence-corrected chi connectivity index (χ2v) is 3.58. The second kappa shape index (κ2) is 5.78. The number of rotatable bonds is 5. The fourth-order valence-corrected chi connectivity index (χ4v) is 1.38. The van der Waals surface area contributed by atoms with Gasteiger partial charge in [0, 0.05) is 12.1 Å². The van der Waals surface area contributed by atoms with Crippen LogP contribution in [0.15, 0.2) is 18.3 Å². The lowest BCUT2D eigenvalue weighted by molar-refractivity contribution is 0.229. The Morgan fingerprint density at radius 3 is 2.73 bits per heavy atom. The van der Waals surface area contributed by atoms with Gasteiger partial charge in [0.05, 0.1) is 18.5 Å². The first-order valence-corrected chi connectivity index (χ1v) is 5.15. The second-order valence-electron chi connectivity index (χ2n) is 3.58. The van der Waals surface area contributed by atoms with Gasteiger partial charge in [-0.15, -0.1) is 0 Å². The SMILES string of the molecule is CC[C@@H](CO)NC(C)c1ccc(F)cn1. The smallest absolute Gasteiger partial charge is 0.141 e. The van der Waals surface area contributed by atoms with E-state index >= 15 is 0 Å². The number of hydrogen-bond acceptors (Lipinski definition) is 3.